The molecule has 0 radical (unpaired) electrons. The number of rotatable bonds is 1. The fourth-order valence-electron chi connectivity index (χ4n) is 2.55. The van der Waals surface area contributed by atoms with Gasteiger partial charge in [-0.05, 0) is 12.8 Å². The lowest BCUT2D eigenvalue weighted by atomic mass is 9.97. The van der Waals surface area contributed by atoms with Gasteiger partial charge >= 0.3 is 0 Å². The SMILES string of the molecule is C1CCCCC(NC2=NCCO2)CCCC1. The molecule has 0 atom stereocenters. The van der Waals surface area contributed by atoms with Gasteiger partial charge in [-0.2, -0.15) is 0 Å². The van der Waals surface area contributed by atoms with E-state index in [1.165, 1.54) is 57.8 Å². The number of ether oxygens (including phenoxy) is 1. The van der Waals surface area contributed by atoms with Crippen LogP contribution in [0, 0.1) is 0 Å². The molecule has 0 saturated heterocycles. The van der Waals surface area contributed by atoms with Crippen molar-refractivity contribution in [1.82, 2.24) is 5.32 Å². The molecule has 3 heteroatoms. The zero-order valence-electron chi connectivity index (χ0n) is 10.2. The Morgan fingerprint density at radius 3 is 2.12 bits per heavy atom. The fraction of sp³-hybridized carbons (Fsp3) is 0.923. The second-order valence-electron chi connectivity index (χ2n) is 4.93. The molecule has 2 rings (SSSR count). The molecular formula is C13H24N2O. The van der Waals surface area contributed by atoms with E-state index in [0.717, 1.165) is 19.2 Å². The molecule has 1 saturated carbocycles. The highest BCUT2D eigenvalue weighted by Crippen LogP contribution is 2.17. The van der Waals surface area contributed by atoms with Gasteiger partial charge in [-0.3, -0.25) is 0 Å². The number of hydrogen-bond acceptors (Lipinski definition) is 3. The Bertz CT molecular complexity index is 218. The molecule has 1 N–H and O–H groups in total. The van der Waals surface area contributed by atoms with E-state index in [1.54, 1.807) is 0 Å². The van der Waals surface area contributed by atoms with Crippen LogP contribution in [0.15, 0.2) is 4.99 Å². The fourth-order valence-corrected chi connectivity index (χ4v) is 2.55. The minimum Gasteiger partial charge on any atom is -0.463 e. The molecule has 0 spiro atoms. The van der Waals surface area contributed by atoms with Crippen molar-refractivity contribution in [2.24, 2.45) is 4.99 Å². The molecule has 0 aromatic carbocycles. The van der Waals surface area contributed by atoms with Gasteiger partial charge in [-0.1, -0.05) is 44.9 Å². The second kappa shape index (κ2) is 6.77. The quantitative estimate of drug-likeness (QED) is 0.743. The molecule has 1 aliphatic heterocycles. The minimum atomic E-state index is 0.593. The van der Waals surface area contributed by atoms with Crippen molar-refractivity contribution < 1.29 is 4.74 Å². The summed E-state index contributed by atoms with van der Waals surface area (Å²) in [5.74, 6) is 0. The molecule has 1 fully saturated rings. The number of amidine groups is 1. The van der Waals surface area contributed by atoms with E-state index < -0.39 is 0 Å². The van der Waals surface area contributed by atoms with Crippen molar-refractivity contribution in [2.75, 3.05) is 13.2 Å². The number of aliphatic imine (C=N–C) groups is 1. The molecule has 0 unspecified atom stereocenters. The first-order valence-corrected chi connectivity index (χ1v) is 6.89. The van der Waals surface area contributed by atoms with E-state index in [1.807, 2.05) is 0 Å². The van der Waals surface area contributed by atoms with Gasteiger partial charge in [0.25, 0.3) is 6.02 Å². The minimum absolute atomic E-state index is 0.593. The average Bonchev–Trinajstić information content (AvgIpc) is 2.80. The Hall–Kier alpha value is -0.730. The molecule has 0 aromatic heterocycles. The lowest BCUT2D eigenvalue weighted by molar-refractivity contribution is 0.317. The van der Waals surface area contributed by atoms with E-state index in [4.69, 9.17) is 4.74 Å². The first-order chi connectivity index (χ1) is 7.95. The van der Waals surface area contributed by atoms with E-state index in [-0.39, 0.29) is 0 Å². The maximum absolute atomic E-state index is 5.42. The first-order valence-electron chi connectivity index (χ1n) is 6.89. The Balaban J connectivity index is 1.75. The average molecular weight is 224 g/mol. The molecule has 92 valence electrons. The van der Waals surface area contributed by atoms with E-state index in [0.29, 0.717) is 6.04 Å². The van der Waals surface area contributed by atoms with Crippen LogP contribution in [0.25, 0.3) is 0 Å². The Labute approximate surface area is 98.7 Å². The molecule has 1 aliphatic carbocycles. The summed E-state index contributed by atoms with van der Waals surface area (Å²) in [6.07, 6.45) is 12.3. The van der Waals surface area contributed by atoms with Crippen molar-refractivity contribution in [2.45, 2.75) is 63.8 Å². The van der Waals surface area contributed by atoms with Crippen LogP contribution in [0.1, 0.15) is 57.8 Å². The molecule has 16 heavy (non-hydrogen) atoms. The third kappa shape index (κ3) is 4.03. The Morgan fingerprint density at radius 2 is 1.56 bits per heavy atom. The van der Waals surface area contributed by atoms with Gasteiger partial charge < -0.3 is 10.1 Å². The van der Waals surface area contributed by atoms with Crippen LogP contribution in [-0.4, -0.2) is 25.2 Å². The summed E-state index contributed by atoms with van der Waals surface area (Å²) < 4.78 is 5.42. The summed E-state index contributed by atoms with van der Waals surface area (Å²) in [6, 6.07) is 1.39. The predicted octanol–water partition coefficient (Wildman–Crippen LogP) is 2.86. The van der Waals surface area contributed by atoms with Gasteiger partial charge in [0.15, 0.2) is 0 Å². The molecular weight excluding hydrogens is 200 g/mol. The van der Waals surface area contributed by atoms with Crippen LogP contribution in [0.4, 0.5) is 0 Å². The predicted molar refractivity (Wildman–Crippen MR) is 66.7 cm³/mol. The van der Waals surface area contributed by atoms with E-state index >= 15 is 0 Å². The van der Waals surface area contributed by atoms with Gasteiger partial charge in [-0.15, -0.1) is 0 Å². The lowest BCUT2D eigenvalue weighted by Gasteiger charge is -2.20. The first kappa shape index (κ1) is 11.7. The highest BCUT2D eigenvalue weighted by Gasteiger charge is 2.14. The maximum Gasteiger partial charge on any atom is 0.285 e. The van der Waals surface area contributed by atoms with Gasteiger partial charge in [0, 0.05) is 6.04 Å². The van der Waals surface area contributed by atoms with Crippen molar-refractivity contribution >= 4 is 6.02 Å². The molecule has 2 aliphatic rings. The Morgan fingerprint density at radius 1 is 0.938 bits per heavy atom. The van der Waals surface area contributed by atoms with Gasteiger partial charge in [-0.25, -0.2) is 4.99 Å². The third-order valence-corrected chi connectivity index (χ3v) is 3.52. The topological polar surface area (TPSA) is 33.6 Å². The summed E-state index contributed by atoms with van der Waals surface area (Å²) in [7, 11) is 0. The van der Waals surface area contributed by atoms with E-state index in [2.05, 4.69) is 10.3 Å². The maximum atomic E-state index is 5.42. The normalized spacial score (nSPS) is 24.6. The zero-order valence-corrected chi connectivity index (χ0v) is 10.2. The van der Waals surface area contributed by atoms with Crippen LogP contribution in [0.2, 0.25) is 0 Å². The van der Waals surface area contributed by atoms with Crippen LogP contribution in [-0.2, 0) is 4.74 Å². The standard InChI is InChI=1S/C13H24N2O/c1-2-4-6-8-12(9-7-5-3-1)15-13-14-10-11-16-13/h12H,1-11H2,(H,14,15). The lowest BCUT2D eigenvalue weighted by Crippen LogP contribution is -2.35. The smallest absolute Gasteiger partial charge is 0.285 e. The molecule has 3 nitrogen and oxygen atoms in total. The Kier molecular flexibility index (Phi) is 4.97. The second-order valence-corrected chi connectivity index (χ2v) is 4.93. The zero-order chi connectivity index (χ0) is 11.1. The van der Waals surface area contributed by atoms with Crippen molar-refractivity contribution in [1.29, 1.82) is 0 Å². The van der Waals surface area contributed by atoms with Crippen LogP contribution in [0.3, 0.4) is 0 Å². The third-order valence-electron chi connectivity index (χ3n) is 3.52. The largest absolute Gasteiger partial charge is 0.463 e. The van der Waals surface area contributed by atoms with Crippen LogP contribution >= 0.6 is 0 Å². The summed E-state index contributed by atoms with van der Waals surface area (Å²) in [5.41, 5.74) is 0. The van der Waals surface area contributed by atoms with Gasteiger partial charge in [0.2, 0.25) is 0 Å². The number of nitrogens with zero attached hydrogens (tertiary/aromatic N) is 1. The molecule has 0 aromatic rings. The number of nitrogens with one attached hydrogen (secondary N) is 1. The van der Waals surface area contributed by atoms with Crippen LogP contribution < -0.4 is 5.32 Å². The van der Waals surface area contributed by atoms with Gasteiger partial charge in [0.1, 0.15) is 6.61 Å². The van der Waals surface area contributed by atoms with Gasteiger partial charge in [0.05, 0.1) is 6.54 Å². The molecule has 1 heterocycles. The van der Waals surface area contributed by atoms with Crippen molar-refractivity contribution in [3.05, 3.63) is 0 Å². The molecule has 0 bridgehead atoms. The highest BCUT2D eigenvalue weighted by atomic mass is 16.5. The monoisotopic (exact) mass is 224 g/mol. The summed E-state index contributed by atoms with van der Waals surface area (Å²) in [5, 5.41) is 3.46. The van der Waals surface area contributed by atoms with E-state index in [9.17, 15) is 0 Å². The summed E-state index contributed by atoms with van der Waals surface area (Å²) >= 11 is 0. The van der Waals surface area contributed by atoms with Crippen LogP contribution in [0.5, 0.6) is 0 Å². The summed E-state index contributed by atoms with van der Waals surface area (Å²) in [4.78, 5) is 4.31. The van der Waals surface area contributed by atoms with Crippen molar-refractivity contribution in [3.63, 3.8) is 0 Å². The summed E-state index contributed by atoms with van der Waals surface area (Å²) in [6.45, 7) is 1.59. The number of hydrogen-bond donors (Lipinski definition) is 1. The molecule has 0 amide bonds. The van der Waals surface area contributed by atoms with Crippen molar-refractivity contribution in [3.8, 4) is 0 Å². The highest BCUT2D eigenvalue weighted by molar-refractivity contribution is 5.75.